The van der Waals surface area contributed by atoms with Crippen molar-refractivity contribution in [2.45, 2.75) is 51.7 Å². The SMILES string of the molecule is CCn1c(SCC(=O)Nc2sc(C)cc2C(=O)OC)nnc1-c1ccc(C(C)(C)C)cc1. The Bertz CT molecular complexity index is 1110. The van der Waals surface area contributed by atoms with Gasteiger partial charge in [-0.05, 0) is 30.9 Å². The molecule has 0 spiro atoms. The zero-order chi connectivity index (χ0) is 23.5. The molecule has 0 aliphatic carbocycles. The van der Waals surface area contributed by atoms with E-state index >= 15 is 0 Å². The number of carbonyl (C=O) groups is 2. The maximum Gasteiger partial charge on any atom is 0.340 e. The average molecular weight is 473 g/mol. The minimum absolute atomic E-state index is 0.0835. The molecule has 1 amide bonds. The lowest BCUT2D eigenvalue weighted by Crippen LogP contribution is -2.16. The third kappa shape index (κ3) is 5.39. The van der Waals surface area contributed by atoms with E-state index in [9.17, 15) is 9.59 Å². The van der Waals surface area contributed by atoms with Gasteiger partial charge in [-0.15, -0.1) is 21.5 Å². The number of nitrogens with one attached hydrogen (secondary N) is 1. The fourth-order valence-corrected chi connectivity index (χ4v) is 4.89. The Labute approximate surface area is 196 Å². The molecule has 3 aromatic rings. The van der Waals surface area contributed by atoms with Gasteiger partial charge in [-0.1, -0.05) is 56.8 Å². The number of aromatic nitrogens is 3. The molecule has 2 heterocycles. The Morgan fingerprint density at radius 2 is 1.88 bits per heavy atom. The molecule has 0 radical (unpaired) electrons. The van der Waals surface area contributed by atoms with Crippen molar-refractivity contribution in [3.8, 4) is 11.4 Å². The van der Waals surface area contributed by atoms with Crippen LogP contribution in [0.1, 0.15) is 48.5 Å². The van der Waals surface area contributed by atoms with Crippen molar-refractivity contribution in [1.29, 1.82) is 0 Å². The van der Waals surface area contributed by atoms with Crippen LogP contribution in [0.2, 0.25) is 0 Å². The fraction of sp³-hybridized carbons (Fsp3) is 0.391. The second-order valence-electron chi connectivity index (χ2n) is 8.31. The van der Waals surface area contributed by atoms with E-state index in [1.165, 1.54) is 35.8 Å². The second-order valence-corrected chi connectivity index (χ2v) is 10.5. The van der Waals surface area contributed by atoms with Gasteiger partial charge in [0.2, 0.25) is 5.91 Å². The molecule has 0 unspecified atom stereocenters. The van der Waals surface area contributed by atoms with Gasteiger partial charge in [-0.2, -0.15) is 0 Å². The number of nitrogens with zero attached hydrogens (tertiary/aromatic N) is 3. The van der Waals surface area contributed by atoms with Crippen molar-refractivity contribution in [1.82, 2.24) is 14.8 Å². The minimum Gasteiger partial charge on any atom is -0.465 e. The number of thioether (sulfide) groups is 1. The standard InChI is InChI=1S/C23H28N4O3S2/c1-7-27-19(15-8-10-16(11-9-15)23(3,4)5)25-26-22(27)31-13-18(28)24-20-17(21(29)30-6)12-14(2)32-20/h8-12H,7,13H2,1-6H3,(H,24,28). The van der Waals surface area contributed by atoms with E-state index in [2.05, 4.69) is 60.6 Å². The lowest BCUT2D eigenvalue weighted by Gasteiger charge is -2.19. The van der Waals surface area contributed by atoms with E-state index < -0.39 is 5.97 Å². The molecule has 0 aliphatic heterocycles. The number of aryl methyl sites for hydroxylation is 1. The van der Waals surface area contributed by atoms with Crippen molar-refractivity contribution in [3.05, 3.63) is 46.3 Å². The summed E-state index contributed by atoms with van der Waals surface area (Å²) >= 11 is 2.66. The highest BCUT2D eigenvalue weighted by Crippen LogP contribution is 2.30. The van der Waals surface area contributed by atoms with Crippen LogP contribution >= 0.6 is 23.1 Å². The molecule has 1 N–H and O–H groups in total. The Hall–Kier alpha value is -2.65. The molecular weight excluding hydrogens is 444 g/mol. The average Bonchev–Trinajstić information content (AvgIpc) is 3.33. The number of ether oxygens (including phenoxy) is 1. The number of anilines is 1. The fourth-order valence-electron chi connectivity index (χ4n) is 3.17. The summed E-state index contributed by atoms with van der Waals surface area (Å²) in [4.78, 5) is 25.4. The van der Waals surface area contributed by atoms with Gasteiger partial charge in [0, 0.05) is 17.0 Å². The maximum atomic E-state index is 12.5. The van der Waals surface area contributed by atoms with Gasteiger partial charge in [0.15, 0.2) is 11.0 Å². The van der Waals surface area contributed by atoms with Crippen LogP contribution in [0.4, 0.5) is 5.00 Å². The minimum atomic E-state index is -0.467. The molecule has 32 heavy (non-hydrogen) atoms. The first-order chi connectivity index (χ1) is 15.1. The van der Waals surface area contributed by atoms with Gasteiger partial charge in [0.1, 0.15) is 5.00 Å². The zero-order valence-electron chi connectivity index (χ0n) is 19.2. The second kappa shape index (κ2) is 9.87. The largest absolute Gasteiger partial charge is 0.465 e. The molecule has 170 valence electrons. The zero-order valence-corrected chi connectivity index (χ0v) is 20.8. The van der Waals surface area contributed by atoms with Gasteiger partial charge >= 0.3 is 5.97 Å². The van der Waals surface area contributed by atoms with Crippen molar-refractivity contribution < 1.29 is 14.3 Å². The first-order valence-electron chi connectivity index (χ1n) is 10.3. The molecule has 0 saturated carbocycles. The number of carbonyl (C=O) groups excluding carboxylic acids is 2. The van der Waals surface area contributed by atoms with Crippen LogP contribution < -0.4 is 5.32 Å². The molecule has 9 heteroatoms. The van der Waals surface area contributed by atoms with Crippen molar-refractivity contribution in [3.63, 3.8) is 0 Å². The molecule has 0 aliphatic rings. The lowest BCUT2D eigenvalue weighted by molar-refractivity contribution is -0.113. The summed E-state index contributed by atoms with van der Waals surface area (Å²) < 4.78 is 6.79. The summed E-state index contributed by atoms with van der Waals surface area (Å²) in [7, 11) is 1.32. The molecule has 3 rings (SSSR count). The predicted octanol–water partition coefficient (Wildman–Crippen LogP) is 5.15. The lowest BCUT2D eigenvalue weighted by atomic mass is 9.87. The van der Waals surface area contributed by atoms with Crippen LogP contribution in [0.3, 0.4) is 0 Å². The van der Waals surface area contributed by atoms with E-state index in [0.29, 0.717) is 22.3 Å². The Kier molecular flexibility index (Phi) is 7.40. The first-order valence-corrected chi connectivity index (χ1v) is 12.1. The molecule has 1 aromatic carbocycles. The van der Waals surface area contributed by atoms with Crippen molar-refractivity contribution >= 4 is 40.0 Å². The highest BCUT2D eigenvalue weighted by atomic mass is 32.2. The van der Waals surface area contributed by atoms with E-state index in [1.807, 2.05) is 18.4 Å². The Balaban J connectivity index is 1.71. The monoisotopic (exact) mass is 472 g/mol. The van der Waals surface area contributed by atoms with Crippen LogP contribution in [-0.2, 0) is 21.5 Å². The van der Waals surface area contributed by atoms with E-state index in [4.69, 9.17) is 4.74 Å². The number of hydrogen-bond donors (Lipinski definition) is 1. The first kappa shape index (κ1) is 24.0. The summed E-state index contributed by atoms with van der Waals surface area (Å²) in [5, 5.41) is 12.6. The summed E-state index contributed by atoms with van der Waals surface area (Å²) in [6.45, 7) is 11.1. The molecule has 0 fully saturated rings. The number of amides is 1. The van der Waals surface area contributed by atoms with Gasteiger partial charge in [-0.3, -0.25) is 4.79 Å². The van der Waals surface area contributed by atoms with E-state index in [0.717, 1.165) is 16.3 Å². The van der Waals surface area contributed by atoms with E-state index in [-0.39, 0.29) is 17.1 Å². The van der Waals surface area contributed by atoms with Gasteiger partial charge in [-0.25, -0.2) is 4.79 Å². The van der Waals surface area contributed by atoms with Crippen LogP contribution in [0.15, 0.2) is 35.5 Å². The van der Waals surface area contributed by atoms with Gasteiger partial charge in [0.05, 0.1) is 18.4 Å². The highest BCUT2D eigenvalue weighted by Gasteiger charge is 2.19. The smallest absolute Gasteiger partial charge is 0.340 e. The maximum absolute atomic E-state index is 12.5. The summed E-state index contributed by atoms with van der Waals surface area (Å²) in [5.74, 6) is 0.241. The van der Waals surface area contributed by atoms with Gasteiger partial charge < -0.3 is 14.6 Å². The third-order valence-electron chi connectivity index (χ3n) is 4.89. The van der Waals surface area contributed by atoms with Crippen LogP contribution in [0, 0.1) is 6.92 Å². The van der Waals surface area contributed by atoms with Crippen molar-refractivity contribution in [2.24, 2.45) is 0 Å². The highest BCUT2D eigenvalue weighted by molar-refractivity contribution is 7.99. The number of esters is 1. The molecule has 2 aromatic heterocycles. The molecule has 0 atom stereocenters. The van der Waals surface area contributed by atoms with Gasteiger partial charge in [0.25, 0.3) is 0 Å². The molecule has 0 bridgehead atoms. The number of hydrogen-bond acceptors (Lipinski definition) is 7. The van der Waals surface area contributed by atoms with E-state index in [1.54, 1.807) is 6.07 Å². The van der Waals surface area contributed by atoms with Crippen LogP contribution in [-0.4, -0.2) is 39.5 Å². The number of methoxy groups -OCH3 is 1. The molecule has 0 saturated heterocycles. The number of thiophene rings is 1. The summed E-state index contributed by atoms with van der Waals surface area (Å²) in [6.07, 6.45) is 0. The summed E-state index contributed by atoms with van der Waals surface area (Å²) in [6, 6.07) is 10.1. The van der Waals surface area contributed by atoms with Crippen molar-refractivity contribution in [2.75, 3.05) is 18.2 Å². The predicted molar refractivity (Wildman–Crippen MR) is 130 cm³/mol. The topological polar surface area (TPSA) is 86.1 Å². The summed E-state index contributed by atoms with van der Waals surface area (Å²) in [5.41, 5.74) is 2.69. The third-order valence-corrected chi connectivity index (χ3v) is 6.82. The Morgan fingerprint density at radius 3 is 2.47 bits per heavy atom. The quantitative estimate of drug-likeness (QED) is 0.378. The normalized spacial score (nSPS) is 11.4. The number of rotatable bonds is 7. The molecule has 7 nitrogen and oxygen atoms in total. The number of benzene rings is 1. The molecular formula is C23H28N4O3S2. The van der Waals surface area contributed by atoms with Crippen LogP contribution in [0.25, 0.3) is 11.4 Å². The van der Waals surface area contributed by atoms with Crippen LogP contribution in [0.5, 0.6) is 0 Å². The Morgan fingerprint density at radius 1 is 1.19 bits per heavy atom.